The van der Waals surface area contributed by atoms with Crippen LogP contribution in [0.5, 0.6) is 0 Å². The van der Waals surface area contributed by atoms with E-state index < -0.39 is 5.97 Å². The van der Waals surface area contributed by atoms with E-state index in [1.165, 1.54) is 0 Å². The molecule has 1 aliphatic heterocycles. The molecule has 1 heterocycles. The largest absolute Gasteiger partial charge is 0.481 e. The van der Waals surface area contributed by atoms with Crippen molar-refractivity contribution in [2.24, 2.45) is 5.92 Å². The van der Waals surface area contributed by atoms with E-state index in [1.54, 1.807) is 0 Å². The molecule has 0 aromatic heterocycles. The minimum atomic E-state index is -0.835. The lowest BCUT2D eigenvalue weighted by atomic mass is 10.0. The summed E-state index contributed by atoms with van der Waals surface area (Å²) in [6.07, 6.45) is 1.26. The number of carbonyl (C=O) groups excluding carboxylic acids is 1. The number of hydrogen-bond acceptors (Lipinski definition) is 3. The summed E-state index contributed by atoms with van der Waals surface area (Å²) in [7, 11) is 0. The zero-order chi connectivity index (χ0) is 12.1. The summed E-state index contributed by atoms with van der Waals surface area (Å²) in [5.41, 5.74) is 0. The van der Waals surface area contributed by atoms with Crippen molar-refractivity contribution in [2.75, 3.05) is 6.61 Å². The Balaban J connectivity index is 2.30. The van der Waals surface area contributed by atoms with Crippen LogP contribution in [-0.2, 0) is 14.3 Å². The highest BCUT2D eigenvalue weighted by Gasteiger charge is 2.31. The average Bonchev–Trinajstić information content (AvgIpc) is 2.61. The number of nitrogens with one attached hydrogen (secondary N) is 1. The van der Waals surface area contributed by atoms with Crippen molar-refractivity contribution in [3.63, 3.8) is 0 Å². The quantitative estimate of drug-likeness (QED) is 0.730. The molecule has 1 saturated heterocycles. The van der Waals surface area contributed by atoms with Gasteiger partial charge in [0.05, 0.1) is 12.0 Å². The van der Waals surface area contributed by atoms with Gasteiger partial charge in [-0.1, -0.05) is 0 Å². The number of carboxylic acids is 1. The van der Waals surface area contributed by atoms with E-state index in [9.17, 15) is 9.59 Å². The molecule has 0 aromatic rings. The lowest BCUT2D eigenvalue weighted by Crippen LogP contribution is -2.39. The zero-order valence-electron chi connectivity index (χ0n) is 9.73. The summed E-state index contributed by atoms with van der Waals surface area (Å²) < 4.78 is 5.31. The summed E-state index contributed by atoms with van der Waals surface area (Å²) in [4.78, 5) is 22.1. The maximum absolute atomic E-state index is 11.8. The van der Waals surface area contributed by atoms with Crippen molar-refractivity contribution in [1.29, 1.82) is 0 Å². The van der Waals surface area contributed by atoms with Gasteiger partial charge in [-0.2, -0.15) is 0 Å². The predicted octanol–water partition coefficient (Wildman–Crippen LogP) is 0.781. The molecule has 0 saturated carbocycles. The Morgan fingerprint density at radius 2 is 2.25 bits per heavy atom. The van der Waals surface area contributed by atoms with Gasteiger partial charge in [0.25, 0.3) is 0 Å². The highest BCUT2D eigenvalue weighted by atomic mass is 16.5. The molecule has 1 aliphatic rings. The van der Waals surface area contributed by atoms with Crippen LogP contribution >= 0.6 is 0 Å². The van der Waals surface area contributed by atoms with Crippen molar-refractivity contribution in [1.82, 2.24) is 5.32 Å². The Kier molecular flexibility index (Phi) is 4.73. The van der Waals surface area contributed by atoms with E-state index in [-0.39, 0.29) is 30.4 Å². The summed E-state index contributed by atoms with van der Waals surface area (Å²) in [5, 5.41) is 11.3. The molecule has 0 aromatic carbocycles. The van der Waals surface area contributed by atoms with Crippen molar-refractivity contribution >= 4 is 11.9 Å². The molecular formula is C11H19NO4. The molecule has 5 nitrogen and oxygen atoms in total. The number of ether oxygens (including phenoxy) is 1. The molecule has 5 heteroatoms. The number of aliphatic carboxylic acids is 1. The van der Waals surface area contributed by atoms with Crippen LogP contribution in [0, 0.1) is 5.92 Å². The zero-order valence-corrected chi connectivity index (χ0v) is 9.73. The third-order valence-electron chi connectivity index (χ3n) is 2.89. The second kappa shape index (κ2) is 5.84. The van der Waals surface area contributed by atoms with Crippen LogP contribution in [0.25, 0.3) is 0 Å². The number of rotatable bonds is 5. The van der Waals surface area contributed by atoms with Gasteiger partial charge < -0.3 is 15.2 Å². The fraction of sp³-hybridized carbons (Fsp3) is 0.818. The van der Waals surface area contributed by atoms with Crippen LogP contribution in [0.2, 0.25) is 0 Å². The Bertz CT molecular complexity index is 267. The van der Waals surface area contributed by atoms with Gasteiger partial charge in [-0.05, 0) is 26.7 Å². The van der Waals surface area contributed by atoms with Gasteiger partial charge in [0.1, 0.15) is 0 Å². The van der Waals surface area contributed by atoms with Crippen LogP contribution in [-0.4, -0.2) is 35.7 Å². The van der Waals surface area contributed by atoms with Gasteiger partial charge in [0, 0.05) is 19.1 Å². The maximum Gasteiger partial charge on any atom is 0.303 e. The molecule has 3 atom stereocenters. The van der Waals surface area contributed by atoms with Crippen LogP contribution < -0.4 is 5.32 Å². The van der Waals surface area contributed by atoms with E-state index in [1.807, 2.05) is 13.8 Å². The van der Waals surface area contributed by atoms with Crippen molar-refractivity contribution in [3.8, 4) is 0 Å². The average molecular weight is 229 g/mol. The van der Waals surface area contributed by atoms with Gasteiger partial charge in [-0.25, -0.2) is 0 Å². The van der Waals surface area contributed by atoms with Crippen molar-refractivity contribution in [2.45, 2.75) is 45.3 Å². The summed E-state index contributed by atoms with van der Waals surface area (Å²) >= 11 is 0. The second-order valence-corrected chi connectivity index (χ2v) is 4.31. The molecule has 0 aliphatic carbocycles. The monoisotopic (exact) mass is 229 g/mol. The van der Waals surface area contributed by atoms with Gasteiger partial charge in [0.2, 0.25) is 5.91 Å². The molecule has 1 fully saturated rings. The topological polar surface area (TPSA) is 75.6 Å². The molecule has 2 N–H and O–H groups in total. The molecule has 0 spiro atoms. The molecule has 1 amide bonds. The van der Waals surface area contributed by atoms with Crippen LogP contribution in [0.1, 0.15) is 33.1 Å². The fourth-order valence-electron chi connectivity index (χ4n) is 1.84. The Morgan fingerprint density at radius 1 is 1.56 bits per heavy atom. The third-order valence-corrected chi connectivity index (χ3v) is 2.89. The first kappa shape index (κ1) is 13.0. The normalized spacial score (nSPS) is 26.4. The molecule has 0 bridgehead atoms. The highest BCUT2D eigenvalue weighted by Crippen LogP contribution is 2.20. The van der Waals surface area contributed by atoms with E-state index in [0.717, 1.165) is 6.42 Å². The van der Waals surface area contributed by atoms with E-state index in [4.69, 9.17) is 9.84 Å². The number of amides is 1. The van der Waals surface area contributed by atoms with E-state index >= 15 is 0 Å². The first-order chi connectivity index (χ1) is 7.50. The lowest BCUT2D eigenvalue weighted by molar-refractivity contribution is -0.137. The van der Waals surface area contributed by atoms with Gasteiger partial charge in [-0.3, -0.25) is 9.59 Å². The molecule has 3 unspecified atom stereocenters. The first-order valence-corrected chi connectivity index (χ1v) is 5.64. The fourth-order valence-corrected chi connectivity index (χ4v) is 1.84. The van der Waals surface area contributed by atoms with E-state index in [2.05, 4.69) is 5.32 Å². The summed E-state index contributed by atoms with van der Waals surface area (Å²) in [6, 6.07) is -0.101. The molecule has 0 radical (unpaired) electrons. The highest BCUT2D eigenvalue weighted by molar-refractivity contribution is 5.79. The molecular weight excluding hydrogens is 210 g/mol. The summed E-state index contributed by atoms with van der Waals surface area (Å²) in [6.45, 7) is 4.34. The summed E-state index contributed by atoms with van der Waals surface area (Å²) in [5.74, 6) is -0.950. The SMILES string of the molecule is CC(CCC(=O)O)NC(=O)C1CCOC1C. The lowest BCUT2D eigenvalue weighted by Gasteiger charge is -2.18. The number of hydrogen-bond donors (Lipinski definition) is 2. The van der Waals surface area contributed by atoms with Gasteiger partial charge >= 0.3 is 5.97 Å². The van der Waals surface area contributed by atoms with Gasteiger partial charge in [0.15, 0.2) is 0 Å². The Labute approximate surface area is 95.2 Å². The minimum absolute atomic E-state index is 0.0251. The maximum atomic E-state index is 11.8. The standard InChI is InChI=1S/C11H19NO4/c1-7(3-4-10(13)14)12-11(15)9-5-6-16-8(9)2/h7-9H,3-6H2,1-2H3,(H,12,15)(H,13,14). The molecule has 16 heavy (non-hydrogen) atoms. The van der Waals surface area contributed by atoms with Gasteiger partial charge in [-0.15, -0.1) is 0 Å². The predicted molar refractivity (Wildman–Crippen MR) is 58.0 cm³/mol. The first-order valence-electron chi connectivity index (χ1n) is 5.64. The Hall–Kier alpha value is -1.10. The third kappa shape index (κ3) is 3.81. The molecule has 92 valence electrons. The van der Waals surface area contributed by atoms with Crippen LogP contribution in [0.3, 0.4) is 0 Å². The number of carbonyl (C=O) groups is 2. The molecule has 1 rings (SSSR count). The second-order valence-electron chi connectivity index (χ2n) is 4.31. The smallest absolute Gasteiger partial charge is 0.303 e. The Morgan fingerprint density at radius 3 is 2.75 bits per heavy atom. The number of carboxylic acid groups (broad SMARTS) is 1. The van der Waals surface area contributed by atoms with E-state index in [0.29, 0.717) is 13.0 Å². The van der Waals surface area contributed by atoms with Crippen molar-refractivity contribution in [3.05, 3.63) is 0 Å². The van der Waals surface area contributed by atoms with Crippen LogP contribution in [0.15, 0.2) is 0 Å². The van der Waals surface area contributed by atoms with Crippen molar-refractivity contribution < 1.29 is 19.4 Å². The minimum Gasteiger partial charge on any atom is -0.481 e. The van der Waals surface area contributed by atoms with Crippen LogP contribution in [0.4, 0.5) is 0 Å².